The Morgan fingerprint density at radius 3 is 2.89 bits per heavy atom. The van der Waals surface area contributed by atoms with E-state index in [0.29, 0.717) is 6.04 Å². The first kappa shape index (κ1) is 13.8. The van der Waals surface area contributed by atoms with Crippen LogP contribution in [0.3, 0.4) is 0 Å². The first-order chi connectivity index (χ1) is 9.15. The molecule has 3 heterocycles. The molecule has 0 spiro atoms. The lowest BCUT2D eigenvalue weighted by Gasteiger charge is -2.36. The maximum atomic E-state index is 6.26. The molecule has 0 bridgehead atoms. The van der Waals surface area contributed by atoms with Crippen LogP contribution >= 0.6 is 38.6 Å². The van der Waals surface area contributed by atoms with Crippen LogP contribution in [0.15, 0.2) is 27.4 Å². The van der Waals surface area contributed by atoms with E-state index in [4.69, 9.17) is 5.73 Å². The van der Waals surface area contributed by atoms with Gasteiger partial charge >= 0.3 is 0 Å². The normalized spacial score (nSPS) is 19.1. The molecule has 2 nitrogen and oxygen atoms in total. The second kappa shape index (κ2) is 5.66. The van der Waals surface area contributed by atoms with Gasteiger partial charge in [-0.25, -0.2) is 0 Å². The van der Waals surface area contributed by atoms with Crippen LogP contribution in [0.2, 0.25) is 0 Å². The Kier molecular flexibility index (Phi) is 4.10. The quantitative estimate of drug-likeness (QED) is 0.899. The average Bonchev–Trinajstić information content (AvgIpc) is 2.97. The Morgan fingerprint density at radius 2 is 2.21 bits per heavy atom. The fourth-order valence-electron chi connectivity index (χ4n) is 2.77. The van der Waals surface area contributed by atoms with Crippen molar-refractivity contribution in [3.8, 4) is 0 Å². The van der Waals surface area contributed by atoms with Crippen molar-refractivity contribution in [2.45, 2.75) is 32.0 Å². The van der Waals surface area contributed by atoms with E-state index < -0.39 is 0 Å². The fourth-order valence-corrected chi connectivity index (χ4v) is 5.33. The highest BCUT2D eigenvalue weighted by atomic mass is 79.9. The zero-order chi connectivity index (χ0) is 13.4. The number of hydrogen-bond donors (Lipinski definition) is 1. The van der Waals surface area contributed by atoms with Gasteiger partial charge in [0.05, 0.1) is 9.83 Å². The van der Waals surface area contributed by atoms with Gasteiger partial charge in [-0.1, -0.05) is 0 Å². The highest BCUT2D eigenvalue weighted by Crippen LogP contribution is 2.36. The number of nitrogens with zero attached hydrogens (tertiary/aromatic N) is 1. The number of nitrogens with two attached hydrogens (primary N) is 1. The van der Waals surface area contributed by atoms with Gasteiger partial charge in [0.2, 0.25) is 0 Å². The van der Waals surface area contributed by atoms with E-state index in [-0.39, 0.29) is 6.04 Å². The molecule has 5 heteroatoms. The Balaban J connectivity index is 1.86. The minimum absolute atomic E-state index is 0.144. The minimum Gasteiger partial charge on any atom is -0.326 e. The van der Waals surface area contributed by atoms with Gasteiger partial charge in [0, 0.05) is 28.9 Å². The predicted octanol–water partition coefficient (Wildman–Crippen LogP) is 4.02. The molecule has 1 aliphatic heterocycles. The lowest BCUT2D eigenvalue weighted by Crippen LogP contribution is -2.41. The number of rotatable bonds is 3. The number of halogens is 1. The zero-order valence-corrected chi connectivity index (χ0v) is 14.0. The molecule has 2 N–H and O–H groups in total. The van der Waals surface area contributed by atoms with E-state index in [1.54, 1.807) is 16.2 Å². The standard InChI is InChI=1S/C14H17BrN2S2/c1-9(16)14(12-2-3-13(15)19-12)17-6-4-11-10(8-17)5-7-18-11/h2-3,5,7,9,14H,4,6,8,16H2,1H3. The number of hydrogen-bond acceptors (Lipinski definition) is 4. The van der Waals surface area contributed by atoms with Crippen LogP contribution in [0.4, 0.5) is 0 Å². The van der Waals surface area contributed by atoms with Crippen molar-refractivity contribution in [3.63, 3.8) is 0 Å². The molecule has 2 aromatic rings. The predicted molar refractivity (Wildman–Crippen MR) is 86.8 cm³/mol. The summed E-state index contributed by atoms with van der Waals surface area (Å²) in [4.78, 5) is 5.44. The molecular formula is C14H17BrN2S2. The fraction of sp³-hybridized carbons (Fsp3) is 0.429. The van der Waals surface area contributed by atoms with Crippen LogP contribution < -0.4 is 5.73 Å². The molecule has 2 aromatic heterocycles. The van der Waals surface area contributed by atoms with Gasteiger partial charge in [-0.2, -0.15) is 0 Å². The maximum Gasteiger partial charge on any atom is 0.0702 e. The lowest BCUT2D eigenvalue weighted by atomic mass is 10.0. The third-order valence-corrected chi connectivity index (χ3v) is 6.33. The third kappa shape index (κ3) is 2.81. The van der Waals surface area contributed by atoms with Gasteiger partial charge in [-0.3, -0.25) is 4.90 Å². The molecule has 0 aromatic carbocycles. The van der Waals surface area contributed by atoms with Gasteiger partial charge in [0.1, 0.15) is 0 Å². The van der Waals surface area contributed by atoms with Gasteiger partial charge < -0.3 is 5.73 Å². The van der Waals surface area contributed by atoms with E-state index in [1.807, 2.05) is 11.3 Å². The molecule has 3 rings (SSSR count). The van der Waals surface area contributed by atoms with Crippen LogP contribution in [0.5, 0.6) is 0 Å². The molecule has 19 heavy (non-hydrogen) atoms. The van der Waals surface area contributed by atoms with Crippen molar-refractivity contribution < 1.29 is 0 Å². The summed E-state index contributed by atoms with van der Waals surface area (Å²) in [7, 11) is 0. The molecule has 0 aliphatic carbocycles. The van der Waals surface area contributed by atoms with Gasteiger partial charge in [-0.05, 0) is 58.4 Å². The average molecular weight is 357 g/mol. The number of fused-ring (bicyclic) bond motifs is 1. The zero-order valence-electron chi connectivity index (χ0n) is 10.8. The first-order valence-corrected chi connectivity index (χ1v) is 8.94. The summed E-state index contributed by atoms with van der Waals surface area (Å²) in [6, 6.07) is 7.05. The van der Waals surface area contributed by atoms with Crippen LogP contribution in [0.1, 0.15) is 28.3 Å². The number of thiophene rings is 2. The molecule has 0 saturated carbocycles. The summed E-state index contributed by atoms with van der Waals surface area (Å²) in [5, 5.41) is 2.21. The van der Waals surface area contributed by atoms with Crippen LogP contribution in [0, 0.1) is 0 Å². The summed E-state index contributed by atoms with van der Waals surface area (Å²) in [5.41, 5.74) is 7.74. The molecule has 2 unspecified atom stereocenters. The van der Waals surface area contributed by atoms with Gasteiger partial charge in [0.15, 0.2) is 0 Å². The summed E-state index contributed by atoms with van der Waals surface area (Å²) in [5.74, 6) is 0. The molecule has 0 amide bonds. The van der Waals surface area contributed by atoms with Crippen molar-refractivity contribution >= 4 is 38.6 Å². The van der Waals surface area contributed by atoms with Crippen molar-refractivity contribution in [3.05, 3.63) is 42.7 Å². The monoisotopic (exact) mass is 356 g/mol. The van der Waals surface area contributed by atoms with E-state index in [0.717, 1.165) is 19.5 Å². The SMILES string of the molecule is CC(N)C(c1ccc(Br)s1)N1CCc2sccc2C1. The summed E-state index contributed by atoms with van der Waals surface area (Å²) in [6.07, 6.45) is 1.16. The Morgan fingerprint density at radius 1 is 1.37 bits per heavy atom. The summed E-state index contributed by atoms with van der Waals surface area (Å²) in [6.45, 7) is 4.25. The molecular weight excluding hydrogens is 340 g/mol. The summed E-state index contributed by atoms with van der Waals surface area (Å²) < 4.78 is 1.18. The maximum absolute atomic E-state index is 6.26. The Bertz CT molecular complexity index is 561. The van der Waals surface area contributed by atoms with Crippen molar-refractivity contribution in [1.29, 1.82) is 0 Å². The van der Waals surface area contributed by atoms with E-state index in [2.05, 4.69) is 51.3 Å². The topological polar surface area (TPSA) is 29.3 Å². The summed E-state index contributed by atoms with van der Waals surface area (Å²) >= 11 is 7.24. The molecule has 0 radical (unpaired) electrons. The third-order valence-electron chi connectivity index (χ3n) is 3.61. The Hall–Kier alpha value is -0.200. The molecule has 0 fully saturated rings. The minimum atomic E-state index is 0.144. The molecule has 1 aliphatic rings. The van der Waals surface area contributed by atoms with Crippen LogP contribution in [-0.2, 0) is 13.0 Å². The lowest BCUT2D eigenvalue weighted by molar-refractivity contribution is 0.163. The van der Waals surface area contributed by atoms with Crippen molar-refractivity contribution in [2.75, 3.05) is 6.54 Å². The molecule has 0 saturated heterocycles. The van der Waals surface area contributed by atoms with E-state index in [1.165, 1.54) is 14.2 Å². The highest BCUT2D eigenvalue weighted by Gasteiger charge is 2.28. The molecule has 2 atom stereocenters. The largest absolute Gasteiger partial charge is 0.326 e. The van der Waals surface area contributed by atoms with E-state index in [9.17, 15) is 0 Å². The second-order valence-corrected chi connectivity index (χ2v) is 8.53. The van der Waals surface area contributed by atoms with Crippen molar-refractivity contribution in [1.82, 2.24) is 4.90 Å². The smallest absolute Gasteiger partial charge is 0.0702 e. The van der Waals surface area contributed by atoms with Gasteiger partial charge in [-0.15, -0.1) is 22.7 Å². The second-order valence-electron chi connectivity index (χ2n) is 5.04. The first-order valence-electron chi connectivity index (χ1n) is 6.45. The molecule has 102 valence electrons. The van der Waals surface area contributed by atoms with Crippen LogP contribution in [-0.4, -0.2) is 17.5 Å². The van der Waals surface area contributed by atoms with Gasteiger partial charge in [0.25, 0.3) is 0 Å². The highest BCUT2D eigenvalue weighted by molar-refractivity contribution is 9.11. The van der Waals surface area contributed by atoms with E-state index >= 15 is 0 Å². The van der Waals surface area contributed by atoms with Crippen molar-refractivity contribution in [2.24, 2.45) is 5.73 Å². The van der Waals surface area contributed by atoms with Crippen LogP contribution in [0.25, 0.3) is 0 Å². The Labute approximate surface area is 130 Å².